The molecule has 38 heavy (non-hydrogen) atoms. The number of rotatable bonds is 6. The first kappa shape index (κ1) is 25.5. The number of hydrogen-bond acceptors (Lipinski definition) is 6. The number of anilines is 1. The minimum absolute atomic E-state index is 0.0373. The van der Waals surface area contributed by atoms with Gasteiger partial charge in [0, 0.05) is 17.8 Å². The van der Waals surface area contributed by atoms with Gasteiger partial charge in [-0.3, -0.25) is 14.6 Å². The molecule has 3 N–H and O–H groups in total. The van der Waals surface area contributed by atoms with Crippen molar-refractivity contribution in [3.05, 3.63) is 94.8 Å². The van der Waals surface area contributed by atoms with Crippen LogP contribution in [0.4, 0.5) is 14.6 Å². The molecule has 1 aliphatic rings. The molecule has 5 rings (SSSR count). The van der Waals surface area contributed by atoms with Crippen LogP contribution in [0.1, 0.15) is 20.8 Å². The molecule has 0 spiro atoms. The summed E-state index contributed by atoms with van der Waals surface area (Å²) < 4.78 is 35.4. The number of aromatic nitrogens is 3. The molecule has 0 saturated carbocycles. The van der Waals surface area contributed by atoms with Gasteiger partial charge in [-0.15, -0.1) is 0 Å². The van der Waals surface area contributed by atoms with E-state index in [4.69, 9.17) is 16.3 Å². The van der Waals surface area contributed by atoms with Crippen molar-refractivity contribution < 1.29 is 28.2 Å². The van der Waals surface area contributed by atoms with Gasteiger partial charge in [-0.25, -0.2) is 13.5 Å². The van der Waals surface area contributed by atoms with E-state index < -0.39 is 35.6 Å². The summed E-state index contributed by atoms with van der Waals surface area (Å²) in [7, 11) is 0. The number of aliphatic hydroxyl groups is 1. The summed E-state index contributed by atoms with van der Waals surface area (Å²) in [6.07, 6.45) is 0.446. The van der Waals surface area contributed by atoms with E-state index in [-0.39, 0.29) is 46.6 Å². The quantitative estimate of drug-likeness (QED) is 0.344. The predicted octanol–water partition coefficient (Wildman–Crippen LogP) is 3.61. The van der Waals surface area contributed by atoms with E-state index in [1.165, 1.54) is 23.0 Å². The van der Waals surface area contributed by atoms with Crippen LogP contribution >= 0.6 is 11.6 Å². The zero-order valence-corrected chi connectivity index (χ0v) is 20.3. The van der Waals surface area contributed by atoms with Gasteiger partial charge in [0.25, 0.3) is 11.8 Å². The number of nitrogens with zero attached hydrogens (tertiary/aromatic N) is 3. The summed E-state index contributed by atoms with van der Waals surface area (Å²) in [5, 5.41) is 19.4. The maximum absolute atomic E-state index is 14.7. The Kier molecular flexibility index (Phi) is 7.14. The first-order valence-corrected chi connectivity index (χ1v) is 11.8. The number of benzene rings is 2. The highest BCUT2D eigenvalue weighted by Crippen LogP contribution is 2.30. The van der Waals surface area contributed by atoms with Crippen LogP contribution in [-0.2, 0) is 4.74 Å². The van der Waals surface area contributed by atoms with Gasteiger partial charge in [-0.05, 0) is 36.4 Å². The number of halogens is 3. The minimum Gasteiger partial charge on any atom is -0.388 e. The van der Waals surface area contributed by atoms with Gasteiger partial charge in [0.2, 0.25) is 0 Å². The molecule has 2 aromatic carbocycles. The second kappa shape index (κ2) is 10.7. The van der Waals surface area contributed by atoms with Crippen LogP contribution in [0.2, 0.25) is 5.02 Å². The Labute approximate surface area is 220 Å². The number of ether oxygens (including phenoxy) is 1. The zero-order chi connectivity index (χ0) is 26.8. The molecule has 0 unspecified atom stereocenters. The lowest BCUT2D eigenvalue weighted by Gasteiger charge is -2.13. The van der Waals surface area contributed by atoms with Gasteiger partial charge in [-0.1, -0.05) is 29.8 Å². The van der Waals surface area contributed by atoms with Gasteiger partial charge in [0.15, 0.2) is 5.69 Å². The average molecular weight is 540 g/mol. The first-order valence-electron chi connectivity index (χ1n) is 11.4. The lowest BCUT2D eigenvalue weighted by atomic mass is 10.1. The molecule has 4 aromatic rings. The van der Waals surface area contributed by atoms with Crippen molar-refractivity contribution in [1.82, 2.24) is 20.1 Å². The summed E-state index contributed by atoms with van der Waals surface area (Å²) in [5.41, 5.74) is -0.169. The van der Waals surface area contributed by atoms with Crippen LogP contribution in [0, 0.1) is 11.6 Å². The molecule has 0 radical (unpaired) electrons. The van der Waals surface area contributed by atoms with E-state index in [1.54, 1.807) is 30.3 Å². The zero-order valence-electron chi connectivity index (χ0n) is 19.6. The second-order valence-electron chi connectivity index (χ2n) is 8.45. The Hall–Kier alpha value is -4.19. The minimum atomic E-state index is -0.854. The fourth-order valence-electron chi connectivity index (χ4n) is 3.94. The Morgan fingerprint density at radius 1 is 1.03 bits per heavy atom. The maximum Gasteiger partial charge on any atom is 0.272 e. The van der Waals surface area contributed by atoms with Crippen LogP contribution in [-0.4, -0.2) is 57.0 Å². The van der Waals surface area contributed by atoms with Crippen LogP contribution in [0.3, 0.4) is 0 Å². The number of carbonyl (C=O) groups excluding carboxylic acids is 2. The van der Waals surface area contributed by atoms with Crippen molar-refractivity contribution in [3.8, 4) is 16.9 Å². The number of para-hydroxylation sites is 1. The van der Waals surface area contributed by atoms with Crippen molar-refractivity contribution >= 4 is 29.2 Å². The fourth-order valence-corrected chi connectivity index (χ4v) is 4.18. The number of nitrogens with one attached hydrogen (secondary N) is 2. The molecule has 12 heteroatoms. The van der Waals surface area contributed by atoms with Crippen molar-refractivity contribution in [2.75, 3.05) is 18.5 Å². The van der Waals surface area contributed by atoms with Crippen LogP contribution < -0.4 is 10.6 Å². The smallest absolute Gasteiger partial charge is 0.272 e. The molecule has 9 nitrogen and oxygen atoms in total. The molecule has 0 bridgehead atoms. The van der Waals surface area contributed by atoms with Gasteiger partial charge in [0.05, 0.1) is 41.6 Å². The standard InChI is InChI=1S/C26H20ClF2N5O4/c27-17-10-19(29)16(24-18(28)7-4-8-30-24)9-15(17)25(36)32-23-11-20(26(37)31-21-12-38-13-22(21)35)33-34(23)14-5-2-1-3-6-14/h1-11,21-22,35H,12-13H2,(H,31,37)(H,32,36)/t21-,22-/m1/s1. The van der Waals surface area contributed by atoms with Gasteiger partial charge < -0.3 is 20.5 Å². The highest BCUT2D eigenvalue weighted by atomic mass is 35.5. The molecule has 2 amide bonds. The van der Waals surface area contributed by atoms with Gasteiger partial charge in [-0.2, -0.15) is 5.10 Å². The normalized spacial score (nSPS) is 16.8. The van der Waals surface area contributed by atoms with E-state index in [0.29, 0.717) is 5.69 Å². The fraction of sp³-hybridized carbons (Fsp3) is 0.154. The largest absolute Gasteiger partial charge is 0.388 e. The Bertz CT molecular complexity index is 1520. The molecule has 0 aliphatic carbocycles. The number of pyridine rings is 1. The van der Waals surface area contributed by atoms with E-state index in [2.05, 4.69) is 20.7 Å². The maximum atomic E-state index is 14.7. The molecule has 2 aromatic heterocycles. The Morgan fingerprint density at radius 3 is 2.53 bits per heavy atom. The van der Waals surface area contributed by atoms with Gasteiger partial charge in [0.1, 0.15) is 23.1 Å². The Balaban J connectivity index is 1.48. The number of aliphatic hydroxyl groups excluding tert-OH is 1. The summed E-state index contributed by atoms with van der Waals surface area (Å²) >= 11 is 6.17. The van der Waals surface area contributed by atoms with E-state index >= 15 is 0 Å². The lowest BCUT2D eigenvalue weighted by molar-refractivity contribution is 0.0881. The molecule has 1 aliphatic heterocycles. The number of hydrogen-bond donors (Lipinski definition) is 3. The van der Waals surface area contributed by atoms with E-state index in [0.717, 1.165) is 18.2 Å². The topological polar surface area (TPSA) is 118 Å². The van der Waals surface area contributed by atoms with E-state index in [9.17, 15) is 23.5 Å². The summed E-state index contributed by atoms with van der Waals surface area (Å²) in [6.45, 7) is 0.256. The second-order valence-corrected chi connectivity index (χ2v) is 8.85. The predicted molar refractivity (Wildman–Crippen MR) is 134 cm³/mol. The van der Waals surface area contributed by atoms with Crippen molar-refractivity contribution in [3.63, 3.8) is 0 Å². The summed E-state index contributed by atoms with van der Waals surface area (Å²) in [5.74, 6) is -2.85. The van der Waals surface area contributed by atoms with Gasteiger partial charge >= 0.3 is 0 Å². The summed E-state index contributed by atoms with van der Waals surface area (Å²) in [6, 6.07) is 14.0. The third-order valence-corrected chi connectivity index (χ3v) is 6.18. The monoisotopic (exact) mass is 539 g/mol. The molecule has 1 saturated heterocycles. The molecule has 1 fully saturated rings. The first-order chi connectivity index (χ1) is 18.3. The van der Waals surface area contributed by atoms with Crippen molar-refractivity contribution in [2.24, 2.45) is 0 Å². The third-order valence-electron chi connectivity index (χ3n) is 5.87. The Morgan fingerprint density at radius 2 is 1.82 bits per heavy atom. The molecule has 2 atom stereocenters. The number of carbonyl (C=O) groups is 2. The lowest BCUT2D eigenvalue weighted by Crippen LogP contribution is -2.42. The van der Waals surface area contributed by atoms with Crippen LogP contribution in [0.5, 0.6) is 0 Å². The van der Waals surface area contributed by atoms with Crippen molar-refractivity contribution in [2.45, 2.75) is 12.1 Å². The van der Waals surface area contributed by atoms with Crippen LogP contribution in [0.25, 0.3) is 16.9 Å². The molecule has 3 heterocycles. The van der Waals surface area contributed by atoms with Crippen molar-refractivity contribution in [1.29, 1.82) is 0 Å². The molecular weight excluding hydrogens is 520 g/mol. The number of amides is 2. The highest BCUT2D eigenvalue weighted by molar-refractivity contribution is 6.34. The average Bonchev–Trinajstić information content (AvgIpc) is 3.51. The summed E-state index contributed by atoms with van der Waals surface area (Å²) in [4.78, 5) is 30.0. The molecule has 194 valence electrons. The van der Waals surface area contributed by atoms with E-state index in [1.807, 2.05) is 0 Å². The third kappa shape index (κ3) is 5.12. The molecular formula is C26H20ClF2N5O4. The SMILES string of the molecule is O=C(N[C@@H]1COC[C@H]1O)c1cc(NC(=O)c2cc(-c3ncccc3F)c(F)cc2Cl)n(-c2ccccc2)n1. The highest BCUT2D eigenvalue weighted by Gasteiger charge is 2.29. The van der Waals surface area contributed by atoms with Crippen LogP contribution in [0.15, 0.2) is 66.9 Å².